The summed E-state index contributed by atoms with van der Waals surface area (Å²) >= 11 is 5.94. The zero-order chi connectivity index (χ0) is 19.3. The number of nitrogens with one attached hydrogen (secondary N) is 2. The van der Waals surface area contributed by atoms with Crippen molar-refractivity contribution in [3.8, 4) is 5.82 Å². The topological polar surface area (TPSA) is 84.7 Å². The Morgan fingerprint density at radius 3 is 2.67 bits per heavy atom. The molecule has 2 heterocycles. The first-order valence-electron chi connectivity index (χ1n) is 8.52. The van der Waals surface area contributed by atoms with Crippen LogP contribution >= 0.6 is 11.6 Å². The number of nitrogens with zero attached hydrogens (tertiary/aromatic N) is 4. The minimum atomic E-state index is -0.245. The summed E-state index contributed by atoms with van der Waals surface area (Å²) in [7, 11) is 0. The van der Waals surface area contributed by atoms with E-state index in [9.17, 15) is 4.79 Å². The second-order valence-corrected chi connectivity index (χ2v) is 7.19. The lowest BCUT2D eigenvalue weighted by Gasteiger charge is -2.25. The van der Waals surface area contributed by atoms with Crippen molar-refractivity contribution in [2.75, 3.05) is 6.54 Å². The molecule has 2 amide bonds. The molecule has 2 aromatic heterocycles. The number of benzene rings is 1. The van der Waals surface area contributed by atoms with Crippen LogP contribution in [0.2, 0.25) is 5.02 Å². The van der Waals surface area contributed by atoms with E-state index in [1.807, 2.05) is 36.4 Å². The molecule has 8 heteroatoms. The zero-order valence-electron chi connectivity index (χ0n) is 15.2. The molecular formula is C19H21ClN6O. The van der Waals surface area contributed by atoms with Gasteiger partial charge in [-0.1, -0.05) is 43.6 Å². The maximum absolute atomic E-state index is 12.2. The van der Waals surface area contributed by atoms with Crippen molar-refractivity contribution in [1.29, 1.82) is 0 Å². The Bertz CT molecular complexity index is 893. The van der Waals surface area contributed by atoms with E-state index in [4.69, 9.17) is 11.6 Å². The lowest BCUT2D eigenvalue weighted by Crippen LogP contribution is -2.42. The molecule has 0 unspecified atom stereocenters. The number of carbonyl (C=O) groups excluding carboxylic acids is 1. The van der Waals surface area contributed by atoms with Gasteiger partial charge < -0.3 is 10.6 Å². The predicted molar refractivity (Wildman–Crippen MR) is 104 cm³/mol. The molecule has 1 aromatic carbocycles. The van der Waals surface area contributed by atoms with E-state index in [-0.39, 0.29) is 11.4 Å². The number of halogens is 1. The van der Waals surface area contributed by atoms with Gasteiger partial charge >= 0.3 is 6.03 Å². The molecule has 3 rings (SSSR count). The number of rotatable bonds is 6. The number of aromatic nitrogens is 4. The SMILES string of the molecule is CC(C)(CNC(=O)NCc1cccnc1-n1cncn1)c1ccc(Cl)cc1. The summed E-state index contributed by atoms with van der Waals surface area (Å²) < 4.78 is 1.57. The van der Waals surface area contributed by atoms with Gasteiger partial charge in [0.25, 0.3) is 0 Å². The summed E-state index contributed by atoms with van der Waals surface area (Å²) in [6, 6.07) is 11.1. The number of pyridine rings is 1. The number of hydrogen-bond donors (Lipinski definition) is 2. The number of amides is 2. The summed E-state index contributed by atoms with van der Waals surface area (Å²) in [6.07, 6.45) is 4.69. The summed E-state index contributed by atoms with van der Waals surface area (Å²) in [5, 5.41) is 10.6. The highest BCUT2D eigenvalue weighted by Gasteiger charge is 2.21. The van der Waals surface area contributed by atoms with E-state index in [1.165, 1.54) is 6.33 Å². The van der Waals surface area contributed by atoms with E-state index in [1.54, 1.807) is 17.2 Å². The minimum Gasteiger partial charge on any atom is -0.337 e. The molecule has 2 N–H and O–H groups in total. The van der Waals surface area contributed by atoms with Gasteiger partial charge in [0.1, 0.15) is 12.7 Å². The summed E-state index contributed by atoms with van der Waals surface area (Å²) in [5.41, 5.74) is 1.73. The minimum absolute atomic E-state index is 0.220. The van der Waals surface area contributed by atoms with Crippen LogP contribution in [-0.2, 0) is 12.0 Å². The fraction of sp³-hybridized carbons (Fsp3) is 0.263. The first-order chi connectivity index (χ1) is 13.0. The Morgan fingerprint density at radius 1 is 1.19 bits per heavy atom. The van der Waals surface area contributed by atoms with Crippen LogP contribution < -0.4 is 10.6 Å². The van der Waals surface area contributed by atoms with E-state index in [2.05, 4.69) is 39.5 Å². The molecule has 140 valence electrons. The fourth-order valence-corrected chi connectivity index (χ4v) is 2.76. The Balaban J connectivity index is 1.57. The van der Waals surface area contributed by atoms with E-state index in [0.717, 1.165) is 11.1 Å². The van der Waals surface area contributed by atoms with Gasteiger partial charge in [-0.05, 0) is 23.8 Å². The van der Waals surface area contributed by atoms with Crippen molar-refractivity contribution < 1.29 is 4.79 Å². The molecule has 0 saturated carbocycles. The molecule has 0 aliphatic rings. The molecule has 3 aromatic rings. The van der Waals surface area contributed by atoms with Gasteiger partial charge in [0, 0.05) is 35.3 Å². The van der Waals surface area contributed by atoms with E-state index >= 15 is 0 Å². The molecule has 0 saturated heterocycles. The quantitative estimate of drug-likeness (QED) is 0.683. The Labute approximate surface area is 162 Å². The Kier molecular flexibility index (Phi) is 5.71. The van der Waals surface area contributed by atoms with Crippen molar-refractivity contribution in [1.82, 2.24) is 30.4 Å². The van der Waals surface area contributed by atoms with Crippen LogP contribution in [0.5, 0.6) is 0 Å². The highest BCUT2D eigenvalue weighted by atomic mass is 35.5. The number of urea groups is 1. The monoisotopic (exact) mass is 384 g/mol. The van der Waals surface area contributed by atoms with Crippen molar-refractivity contribution in [3.63, 3.8) is 0 Å². The molecule has 0 radical (unpaired) electrons. The van der Waals surface area contributed by atoms with Crippen molar-refractivity contribution in [2.45, 2.75) is 25.8 Å². The Morgan fingerprint density at radius 2 is 1.96 bits per heavy atom. The first-order valence-corrected chi connectivity index (χ1v) is 8.90. The van der Waals surface area contributed by atoms with Gasteiger partial charge in [-0.2, -0.15) is 5.10 Å². The molecule has 0 fully saturated rings. The molecule has 0 aliphatic carbocycles. The van der Waals surface area contributed by atoms with Crippen molar-refractivity contribution in [2.24, 2.45) is 0 Å². The third-order valence-electron chi connectivity index (χ3n) is 4.26. The van der Waals surface area contributed by atoms with Crippen LogP contribution in [0.1, 0.15) is 25.0 Å². The van der Waals surface area contributed by atoms with Gasteiger partial charge in [0.05, 0.1) is 0 Å². The maximum Gasteiger partial charge on any atom is 0.315 e. The molecule has 0 bridgehead atoms. The zero-order valence-corrected chi connectivity index (χ0v) is 15.9. The van der Waals surface area contributed by atoms with Gasteiger partial charge in [-0.25, -0.2) is 19.4 Å². The average molecular weight is 385 g/mol. The molecule has 0 atom stereocenters. The van der Waals surface area contributed by atoms with Crippen molar-refractivity contribution in [3.05, 3.63) is 71.4 Å². The normalized spacial score (nSPS) is 11.2. The largest absolute Gasteiger partial charge is 0.337 e. The van der Waals surface area contributed by atoms with Crippen LogP contribution in [0.15, 0.2) is 55.2 Å². The van der Waals surface area contributed by atoms with Crippen LogP contribution in [0, 0.1) is 0 Å². The van der Waals surface area contributed by atoms with Crippen LogP contribution in [0.3, 0.4) is 0 Å². The average Bonchev–Trinajstić information content (AvgIpc) is 3.20. The highest BCUT2D eigenvalue weighted by Crippen LogP contribution is 2.23. The van der Waals surface area contributed by atoms with Crippen LogP contribution in [0.25, 0.3) is 5.82 Å². The van der Waals surface area contributed by atoms with Crippen LogP contribution in [0.4, 0.5) is 4.79 Å². The standard InChI is InChI=1S/C19H21ClN6O/c1-19(2,15-5-7-16(20)8-6-15)11-24-18(27)23-10-14-4-3-9-22-17(14)26-13-21-12-25-26/h3-9,12-13H,10-11H2,1-2H3,(H2,23,24,27). The molecule has 27 heavy (non-hydrogen) atoms. The second kappa shape index (κ2) is 8.18. The molecular weight excluding hydrogens is 364 g/mol. The molecule has 0 spiro atoms. The van der Waals surface area contributed by atoms with Crippen LogP contribution in [-0.4, -0.2) is 32.3 Å². The fourth-order valence-electron chi connectivity index (χ4n) is 2.63. The summed E-state index contributed by atoms with van der Waals surface area (Å²) in [6.45, 7) is 4.96. The lowest BCUT2D eigenvalue weighted by atomic mass is 9.85. The Hall–Kier alpha value is -2.93. The number of hydrogen-bond acceptors (Lipinski definition) is 4. The molecule has 0 aliphatic heterocycles. The third-order valence-corrected chi connectivity index (χ3v) is 4.51. The maximum atomic E-state index is 12.2. The summed E-state index contributed by atoms with van der Waals surface area (Å²) in [4.78, 5) is 20.5. The third kappa shape index (κ3) is 4.83. The first kappa shape index (κ1) is 18.8. The summed E-state index contributed by atoms with van der Waals surface area (Å²) in [5.74, 6) is 0.636. The van der Waals surface area contributed by atoms with Gasteiger partial charge in [0.2, 0.25) is 0 Å². The smallest absolute Gasteiger partial charge is 0.315 e. The van der Waals surface area contributed by atoms with Gasteiger partial charge in [0.15, 0.2) is 5.82 Å². The predicted octanol–water partition coefficient (Wildman–Crippen LogP) is 3.09. The lowest BCUT2D eigenvalue weighted by molar-refractivity contribution is 0.238. The highest BCUT2D eigenvalue weighted by molar-refractivity contribution is 6.30. The number of carbonyl (C=O) groups is 1. The van der Waals surface area contributed by atoms with Gasteiger partial charge in [-0.15, -0.1) is 0 Å². The molecule has 7 nitrogen and oxygen atoms in total. The van der Waals surface area contributed by atoms with E-state index < -0.39 is 0 Å². The van der Waals surface area contributed by atoms with Crippen molar-refractivity contribution >= 4 is 17.6 Å². The second-order valence-electron chi connectivity index (χ2n) is 6.75. The van der Waals surface area contributed by atoms with Gasteiger partial charge in [-0.3, -0.25) is 0 Å². The van der Waals surface area contributed by atoms with E-state index in [0.29, 0.717) is 23.9 Å².